The fourth-order valence-corrected chi connectivity index (χ4v) is 2.07. The second-order valence-electron chi connectivity index (χ2n) is 2.62. The van der Waals surface area contributed by atoms with E-state index in [0.29, 0.717) is 11.0 Å². The Labute approximate surface area is 111 Å². The first-order chi connectivity index (χ1) is 6.13. The number of nitrogens with one attached hydrogen (secondary N) is 1. The Hall–Kier alpha value is 0.310. The third kappa shape index (κ3) is 4.22. The predicted octanol–water partition coefficient (Wildman–Crippen LogP) is 0.609. The van der Waals surface area contributed by atoms with Gasteiger partial charge in [0.2, 0.25) is 16.0 Å². The van der Waals surface area contributed by atoms with Crippen molar-refractivity contribution in [2.24, 2.45) is 0 Å². The van der Waals surface area contributed by atoms with Gasteiger partial charge in [0.25, 0.3) is 0 Å². The van der Waals surface area contributed by atoms with Crippen molar-refractivity contribution in [3.8, 4) is 0 Å². The summed E-state index contributed by atoms with van der Waals surface area (Å²) in [5, 5.41) is 8.78. The average molecular weight is 244 g/mol. The number of anilines is 1. The fourth-order valence-electron chi connectivity index (χ4n) is 0.732. The van der Waals surface area contributed by atoms with Crippen molar-refractivity contribution in [1.29, 1.82) is 0 Å². The van der Waals surface area contributed by atoms with Crippen molar-refractivity contribution in [3.05, 3.63) is 5.01 Å². The van der Waals surface area contributed by atoms with Gasteiger partial charge in [-0.3, -0.25) is 4.72 Å². The van der Waals surface area contributed by atoms with E-state index in [1.165, 1.54) is 11.3 Å². The van der Waals surface area contributed by atoms with E-state index < -0.39 is 10.9 Å². The summed E-state index contributed by atoms with van der Waals surface area (Å²) < 4.78 is 22.8. The summed E-state index contributed by atoms with van der Waals surface area (Å²) in [5.74, 6) is 0.331. The van der Waals surface area contributed by atoms with Crippen molar-refractivity contribution in [2.45, 2.75) is 26.2 Å². The molecule has 0 amide bonds. The van der Waals surface area contributed by atoms with Crippen LogP contribution in [0.4, 0.5) is 5.13 Å². The van der Waals surface area contributed by atoms with E-state index in [9.17, 15) is 8.42 Å². The van der Waals surface area contributed by atoms with E-state index in [1.807, 2.05) is 13.8 Å². The van der Waals surface area contributed by atoms with Gasteiger partial charge in [0.1, 0.15) is 5.01 Å². The van der Waals surface area contributed by atoms with Crippen LogP contribution in [0.2, 0.25) is 0 Å². The van der Waals surface area contributed by atoms with E-state index >= 15 is 0 Å². The Morgan fingerprint density at radius 3 is 2.64 bits per heavy atom. The van der Waals surface area contributed by atoms with Gasteiger partial charge >= 0.3 is 0 Å². The first kappa shape index (κ1) is 14.3. The molecule has 0 aliphatic carbocycles. The van der Waals surface area contributed by atoms with Gasteiger partial charge in [-0.05, 0) is 6.42 Å². The van der Waals surface area contributed by atoms with E-state index in [2.05, 4.69) is 14.9 Å². The Bertz CT molecular complexity index is 345. The minimum Gasteiger partial charge on any atom is -0.259 e. The molecule has 0 fully saturated rings. The molecule has 0 aliphatic heterocycles. The number of rotatable bonds is 4. The van der Waals surface area contributed by atoms with Crippen LogP contribution in [0.15, 0.2) is 0 Å². The van der Waals surface area contributed by atoms with E-state index in [-0.39, 0.29) is 29.6 Å². The van der Waals surface area contributed by atoms with E-state index in [0.717, 1.165) is 11.4 Å². The van der Waals surface area contributed by atoms with E-state index in [1.54, 1.807) is 0 Å². The number of hydrogen-bond donors (Lipinski definition) is 2. The van der Waals surface area contributed by atoms with Crippen molar-refractivity contribution >= 4 is 56.9 Å². The molecule has 1 N–H and O–H groups in total. The molecular weight excluding hydrogens is 233 g/mol. The number of thiol groups is 1. The largest absolute Gasteiger partial charge is 0.259 e. The fraction of sp³-hybridized carbons (Fsp3) is 0.667. The van der Waals surface area contributed by atoms with Gasteiger partial charge in [-0.2, -0.15) is 0 Å². The van der Waals surface area contributed by atoms with Gasteiger partial charge < -0.3 is 0 Å². The molecule has 14 heavy (non-hydrogen) atoms. The standard InChI is InChI=1S/C6H11N3O2S2.Na/c1-3-4(2)5-7-8-6(12-5)9-13(10)11;/h4,13H,3H2,1-2H3,(H,8,9,10,11);. The van der Waals surface area contributed by atoms with Crippen molar-refractivity contribution < 1.29 is 8.42 Å². The van der Waals surface area contributed by atoms with Crippen LogP contribution in [0.3, 0.4) is 0 Å². The maximum atomic E-state index is 10.3. The van der Waals surface area contributed by atoms with Gasteiger partial charge in [0, 0.05) is 35.5 Å². The zero-order chi connectivity index (χ0) is 9.84. The van der Waals surface area contributed by atoms with Gasteiger partial charge in [0.15, 0.2) is 0 Å². The van der Waals surface area contributed by atoms with Crippen LogP contribution >= 0.6 is 11.3 Å². The number of nitrogens with zero attached hydrogens (tertiary/aromatic N) is 2. The number of aromatic nitrogens is 2. The number of hydrogen-bond acceptors (Lipinski definition) is 5. The van der Waals surface area contributed by atoms with Crippen LogP contribution in [0.5, 0.6) is 0 Å². The summed E-state index contributed by atoms with van der Waals surface area (Å²) in [5.41, 5.74) is 0. The molecule has 0 aliphatic rings. The molecule has 1 aromatic heterocycles. The monoisotopic (exact) mass is 244 g/mol. The van der Waals surface area contributed by atoms with Crippen LogP contribution in [0.25, 0.3) is 0 Å². The molecule has 0 aromatic carbocycles. The van der Waals surface area contributed by atoms with Crippen molar-refractivity contribution in [3.63, 3.8) is 0 Å². The maximum absolute atomic E-state index is 10.3. The molecule has 1 atom stereocenters. The molecule has 1 heterocycles. The van der Waals surface area contributed by atoms with Gasteiger partial charge in [-0.25, -0.2) is 8.42 Å². The molecule has 1 radical (unpaired) electrons. The normalized spacial score (nSPS) is 12.2. The SMILES string of the molecule is CCC(C)c1nnc(N[SH](=O)=O)s1.[Na]. The summed E-state index contributed by atoms with van der Waals surface area (Å²) >= 11 is 1.28. The van der Waals surface area contributed by atoms with Crippen LogP contribution in [-0.2, 0) is 10.9 Å². The minimum absolute atomic E-state index is 0. The first-order valence-electron chi connectivity index (χ1n) is 3.88. The Morgan fingerprint density at radius 1 is 1.50 bits per heavy atom. The second-order valence-corrected chi connectivity index (χ2v) is 4.37. The van der Waals surface area contributed by atoms with Gasteiger partial charge in [0.05, 0.1) is 0 Å². The third-order valence-corrected chi connectivity index (χ3v) is 3.28. The molecule has 8 heteroatoms. The molecule has 0 spiro atoms. The van der Waals surface area contributed by atoms with Gasteiger partial charge in [-0.1, -0.05) is 25.2 Å². The summed E-state index contributed by atoms with van der Waals surface area (Å²) in [4.78, 5) is 0. The van der Waals surface area contributed by atoms with Crippen molar-refractivity contribution in [2.75, 3.05) is 4.72 Å². The summed E-state index contributed by atoms with van der Waals surface area (Å²) in [6.07, 6.45) is 0.970. The van der Waals surface area contributed by atoms with Crippen LogP contribution in [-0.4, -0.2) is 48.2 Å². The third-order valence-electron chi connectivity index (χ3n) is 1.66. The topological polar surface area (TPSA) is 72.0 Å². The first-order valence-corrected chi connectivity index (χ1v) is 5.87. The predicted molar refractivity (Wildman–Crippen MR) is 58.3 cm³/mol. The molecule has 0 bridgehead atoms. The summed E-state index contributed by atoms with van der Waals surface area (Å²) in [6, 6.07) is 0. The average Bonchev–Trinajstić information content (AvgIpc) is 2.50. The van der Waals surface area contributed by atoms with Crippen LogP contribution in [0, 0.1) is 0 Å². The Kier molecular flexibility index (Phi) is 6.88. The molecule has 1 rings (SSSR count). The molecule has 0 saturated carbocycles. The molecular formula is C6H11N3NaO2S2. The van der Waals surface area contributed by atoms with E-state index in [4.69, 9.17) is 0 Å². The Balaban J connectivity index is 0.00000169. The molecule has 1 unspecified atom stereocenters. The van der Waals surface area contributed by atoms with Gasteiger partial charge in [-0.15, -0.1) is 10.2 Å². The zero-order valence-electron chi connectivity index (χ0n) is 8.35. The summed E-state index contributed by atoms with van der Waals surface area (Å²) in [6.45, 7) is 4.08. The maximum Gasteiger partial charge on any atom is 0.224 e. The quantitative estimate of drug-likeness (QED) is 0.601. The van der Waals surface area contributed by atoms with Crippen LogP contribution < -0.4 is 4.72 Å². The Morgan fingerprint density at radius 2 is 2.14 bits per heavy atom. The minimum atomic E-state index is -2.63. The molecule has 1 aromatic rings. The smallest absolute Gasteiger partial charge is 0.224 e. The summed E-state index contributed by atoms with van der Waals surface area (Å²) in [7, 11) is -2.63. The molecule has 5 nitrogen and oxygen atoms in total. The second kappa shape index (κ2) is 6.73. The zero-order valence-corrected chi connectivity index (χ0v) is 12.1. The molecule has 75 valence electrons. The van der Waals surface area contributed by atoms with Crippen LogP contribution in [0.1, 0.15) is 31.2 Å². The van der Waals surface area contributed by atoms with Crippen molar-refractivity contribution in [1.82, 2.24) is 10.2 Å². The molecule has 0 saturated heterocycles.